The minimum Gasteiger partial charge on any atom is -0.389 e. The van der Waals surface area contributed by atoms with Gasteiger partial charge in [-0.25, -0.2) is 4.39 Å². The van der Waals surface area contributed by atoms with E-state index in [1.807, 2.05) is 11.0 Å². The topological polar surface area (TPSA) is 41.9 Å². The van der Waals surface area contributed by atoms with Gasteiger partial charge in [0.25, 0.3) is 0 Å². The van der Waals surface area contributed by atoms with E-state index in [0.717, 1.165) is 13.0 Å². The van der Waals surface area contributed by atoms with E-state index < -0.39 is 6.10 Å². The lowest BCUT2D eigenvalue weighted by molar-refractivity contribution is 0.00566. The first-order chi connectivity index (χ1) is 11.0. The molecule has 132 valence electrons. The number of rotatable bonds is 12. The summed E-state index contributed by atoms with van der Waals surface area (Å²) in [6.45, 7) is 7.39. The maximum Gasteiger partial charge on any atom is 0.127 e. The lowest BCUT2D eigenvalue weighted by Gasteiger charge is -2.25. The van der Waals surface area contributed by atoms with Crippen molar-refractivity contribution < 1.29 is 19.0 Å². The highest BCUT2D eigenvalue weighted by Gasteiger charge is 2.14. The second kappa shape index (κ2) is 11.5. The molecule has 0 saturated carbocycles. The Morgan fingerprint density at radius 3 is 2.61 bits per heavy atom. The Morgan fingerprint density at radius 2 is 1.96 bits per heavy atom. The average molecular weight is 327 g/mol. The number of aliphatic hydroxyl groups excluding tert-OH is 1. The van der Waals surface area contributed by atoms with Crippen molar-refractivity contribution in [2.24, 2.45) is 5.92 Å². The van der Waals surface area contributed by atoms with Crippen LogP contribution in [0.2, 0.25) is 0 Å². The van der Waals surface area contributed by atoms with Gasteiger partial charge < -0.3 is 14.6 Å². The van der Waals surface area contributed by atoms with Crippen molar-refractivity contribution in [3.63, 3.8) is 0 Å². The van der Waals surface area contributed by atoms with Crippen LogP contribution in [0.3, 0.4) is 0 Å². The van der Waals surface area contributed by atoms with Gasteiger partial charge in [0.2, 0.25) is 0 Å². The Balaban J connectivity index is 2.52. The molecule has 0 spiro atoms. The Bertz CT molecular complexity index is 428. The van der Waals surface area contributed by atoms with E-state index in [1.165, 1.54) is 6.07 Å². The number of methoxy groups -OCH3 is 1. The van der Waals surface area contributed by atoms with Crippen LogP contribution in [0.15, 0.2) is 24.3 Å². The normalized spacial score (nSPS) is 13.0. The Morgan fingerprint density at radius 1 is 1.22 bits per heavy atom. The molecular formula is C18H30FNO3. The van der Waals surface area contributed by atoms with Crippen molar-refractivity contribution in [3.05, 3.63) is 35.6 Å². The summed E-state index contributed by atoms with van der Waals surface area (Å²) in [7, 11) is 1.66. The van der Waals surface area contributed by atoms with Gasteiger partial charge in [-0.15, -0.1) is 0 Å². The van der Waals surface area contributed by atoms with Crippen LogP contribution in [0.1, 0.15) is 25.8 Å². The first-order valence-corrected chi connectivity index (χ1v) is 8.23. The summed E-state index contributed by atoms with van der Waals surface area (Å²) < 4.78 is 24.4. The number of hydrogen-bond acceptors (Lipinski definition) is 4. The van der Waals surface area contributed by atoms with Gasteiger partial charge in [0.05, 0.1) is 12.7 Å². The lowest BCUT2D eigenvalue weighted by atomic mass is 10.2. The molecule has 1 rings (SSSR count). The van der Waals surface area contributed by atoms with E-state index in [0.29, 0.717) is 44.4 Å². The smallest absolute Gasteiger partial charge is 0.127 e. The van der Waals surface area contributed by atoms with Crippen molar-refractivity contribution in [2.75, 3.05) is 40.0 Å². The predicted octanol–water partition coefficient (Wildman–Crippen LogP) is 2.70. The Hall–Kier alpha value is -1.01. The highest BCUT2D eigenvalue weighted by molar-refractivity contribution is 5.17. The molecule has 1 atom stereocenters. The fourth-order valence-electron chi connectivity index (χ4n) is 2.33. The highest BCUT2D eigenvalue weighted by Crippen LogP contribution is 2.11. The monoisotopic (exact) mass is 327 g/mol. The van der Waals surface area contributed by atoms with Crippen LogP contribution in [0.4, 0.5) is 4.39 Å². The number of halogens is 1. The fraction of sp³-hybridized carbons (Fsp3) is 0.667. The minimum absolute atomic E-state index is 0.213. The summed E-state index contributed by atoms with van der Waals surface area (Å²) in [5, 5.41) is 10.1. The van der Waals surface area contributed by atoms with Crippen molar-refractivity contribution in [3.8, 4) is 0 Å². The van der Waals surface area contributed by atoms with E-state index in [4.69, 9.17) is 9.47 Å². The van der Waals surface area contributed by atoms with E-state index >= 15 is 0 Å². The first kappa shape index (κ1) is 20.0. The molecule has 0 bridgehead atoms. The molecule has 0 aromatic heterocycles. The molecule has 1 aromatic rings. The van der Waals surface area contributed by atoms with Crippen LogP contribution < -0.4 is 0 Å². The molecule has 5 heteroatoms. The molecule has 0 aliphatic heterocycles. The van der Waals surface area contributed by atoms with Crippen molar-refractivity contribution >= 4 is 0 Å². The van der Waals surface area contributed by atoms with Crippen molar-refractivity contribution in [2.45, 2.75) is 32.9 Å². The standard InChI is InChI=1S/C18H30FNO3/c1-15(2)13-23-14-17(21)12-20(9-6-10-22-3)11-16-7-4-5-8-18(16)19/h4-5,7-8,15,17,21H,6,9-14H2,1-3H3/t17-/m0/s1. The number of benzene rings is 1. The molecule has 1 N–H and O–H groups in total. The lowest BCUT2D eigenvalue weighted by Crippen LogP contribution is -2.36. The third kappa shape index (κ3) is 9.01. The fourth-order valence-corrected chi connectivity index (χ4v) is 2.33. The van der Waals surface area contributed by atoms with Crippen LogP contribution >= 0.6 is 0 Å². The van der Waals surface area contributed by atoms with Gasteiger partial charge in [-0.05, 0) is 18.4 Å². The number of hydrogen-bond donors (Lipinski definition) is 1. The van der Waals surface area contributed by atoms with Crippen LogP contribution in [0.5, 0.6) is 0 Å². The van der Waals surface area contributed by atoms with Gasteiger partial charge >= 0.3 is 0 Å². The van der Waals surface area contributed by atoms with E-state index in [-0.39, 0.29) is 5.82 Å². The summed E-state index contributed by atoms with van der Waals surface area (Å²) in [5.41, 5.74) is 0.639. The zero-order chi connectivity index (χ0) is 17.1. The van der Waals surface area contributed by atoms with Gasteiger partial charge in [-0.2, -0.15) is 0 Å². The second-order valence-electron chi connectivity index (χ2n) is 6.26. The number of nitrogens with zero attached hydrogens (tertiary/aromatic N) is 1. The molecule has 0 unspecified atom stereocenters. The largest absolute Gasteiger partial charge is 0.389 e. The summed E-state index contributed by atoms with van der Waals surface area (Å²) in [6, 6.07) is 6.75. The highest BCUT2D eigenvalue weighted by atomic mass is 19.1. The number of ether oxygens (including phenoxy) is 2. The average Bonchev–Trinajstić information content (AvgIpc) is 2.49. The molecule has 1 aromatic carbocycles. The SMILES string of the molecule is COCCCN(Cc1ccccc1F)C[C@H](O)COCC(C)C. The zero-order valence-corrected chi connectivity index (χ0v) is 14.5. The summed E-state index contributed by atoms with van der Waals surface area (Å²) in [6.07, 6.45) is 0.257. The third-order valence-corrected chi connectivity index (χ3v) is 3.40. The molecule has 4 nitrogen and oxygen atoms in total. The maximum atomic E-state index is 13.8. The molecule has 0 saturated heterocycles. The third-order valence-electron chi connectivity index (χ3n) is 3.40. The molecular weight excluding hydrogens is 297 g/mol. The first-order valence-electron chi connectivity index (χ1n) is 8.23. The van der Waals surface area contributed by atoms with Crippen molar-refractivity contribution in [1.29, 1.82) is 0 Å². The van der Waals surface area contributed by atoms with E-state index in [9.17, 15) is 9.50 Å². The predicted molar refractivity (Wildman–Crippen MR) is 89.8 cm³/mol. The minimum atomic E-state index is -0.580. The van der Waals surface area contributed by atoms with E-state index in [2.05, 4.69) is 13.8 Å². The maximum absolute atomic E-state index is 13.8. The molecule has 0 fully saturated rings. The van der Waals surface area contributed by atoms with Gasteiger partial charge in [0.1, 0.15) is 5.82 Å². The molecule has 0 heterocycles. The molecule has 0 aliphatic rings. The molecule has 0 aliphatic carbocycles. The van der Waals surface area contributed by atoms with E-state index in [1.54, 1.807) is 19.2 Å². The molecule has 0 amide bonds. The molecule has 23 heavy (non-hydrogen) atoms. The Kier molecular flexibility index (Phi) is 10.0. The van der Waals surface area contributed by atoms with Crippen LogP contribution in [-0.2, 0) is 16.0 Å². The quantitative estimate of drug-likeness (QED) is 0.599. The van der Waals surface area contributed by atoms with Crippen LogP contribution in [-0.4, -0.2) is 56.1 Å². The number of aliphatic hydroxyl groups is 1. The summed E-state index contributed by atoms with van der Waals surface area (Å²) in [5.74, 6) is 0.230. The summed E-state index contributed by atoms with van der Waals surface area (Å²) >= 11 is 0. The second-order valence-corrected chi connectivity index (χ2v) is 6.26. The zero-order valence-electron chi connectivity index (χ0n) is 14.5. The van der Waals surface area contributed by atoms with Gasteiger partial charge in [-0.1, -0.05) is 32.0 Å². The van der Waals surface area contributed by atoms with Gasteiger partial charge in [-0.3, -0.25) is 4.90 Å². The Labute approximate surface area is 139 Å². The van der Waals surface area contributed by atoms with Crippen molar-refractivity contribution in [1.82, 2.24) is 4.90 Å². The van der Waals surface area contributed by atoms with Gasteiger partial charge in [0.15, 0.2) is 0 Å². The van der Waals surface area contributed by atoms with Crippen LogP contribution in [0, 0.1) is 11.7 Å². The van der Waals surface area contributed by atoms with Crippen LogP contribution in [0.25, 0.3) is 0 Å². The molecule has 0 radical (unpaired) electrons. The van der Waals surface area contributed by atoms with Gasteiger partial charge in [0, 0.05) is 45.5 Å². The summed E-state index contributed by atoms with van der Waals surface area (Å²) in [4.78, 5) is 2.04.